The molecule has 0 spiro atoms. The SMILES string of the molecule is C[C@]1(C(=O)Nc2cccc3ncccc23)Oc2ccccc2NC1=O. The zero-order valence-electron chi connectivity index (χ0n) is 13.4. The predicted octanol–water partition coefficient (Wildman–Crippen LogP) is 2.96. The maximum absolute atomic E-state index is 12.8. The van der Waals surface area contributed by atoms with E-state index in [1.807, 2.05) is 12.1 Å². The minimum atomic E-state index is -1.67. The van der Waals surface area contributed by atoms with Gasteiger partial charge in [0.05, 0.1) is 16.9 Å². The number of carbonyl (C=O) groups excluding carboxylic acids is 2. The van der Waals surface area contributed by atoms with E-state index in [1.165, 1.54) is 6.92 Å². The molecule has 0 radical (unpaired) electrons. The lowest BCUT2D eigenvalue weighted by molar-refractivity contribution is -0.143. The van der Waals surface area contributed by atoms with E-state index < -0.39 is 17.4 Å². The van der Waals surface area contributed by atoms with Gasteiger partial charge in [-0.15, -0.1) is 0 Å². The fourth-order valence-corrected chi connectivity index (χ4v) is 2.77. The van der Waals surface area contributed by atoms with E-state index in [4.69, 9.17) is 4.74 Å². The van der Waals surface area contributed by atoms with Crippen molar-refractivity contribution in [1.82, 2.24) is 4.98 Å². The van der Waals surface area contributed by atoms with Crippen LogP contribution in [0.15, 0.2) is 60.8 Å². The van der Waals surface area contributed by atoms with Crippen molar-refractivity contribution >= 4 is 34.1 Å². The van der Waals surface area contributed by atoms with E-state index in [9.17, 15) is 9.59 Å². The molecule has 1 aliphatic heterocycles. The molecule has 0 saturated heterocycles. The monoisotopic (exact) mass is 333 g/mol. The third-order valence-electron chi connectivity index (χ3n) is 4.21. The Hall–Kier alpha value is -3.41. The lowest BCUT2D eigenvalue weighted by Crippen LogP contribution is -2.56. The van der Waals surface area contributed by atoms with Crippen LogP contribution in [-0.2, 0) is 9.59 Å². The molecule has 0 fully saturated rings. The summed E-state index contributed by atoms with van der Waals surface area (Å²) < 4.78 is 5.74. The Kier molecular flexibility index (Phi) is 3.39. The highest BCUT2D eigenvalue weighted by Gasteiger charge is 2.47. The molecule has 0 saturated carbocycles. The zero-order valence-corrected chi connectivity index (χ0v) is 13.4. The fraction of sp³-hybridized carbons (Fsp3) is 0.105. The van der Waals surface area contributed by atoms with Gasteiger partial charge in [-0.3, -0.25) is 14.6 Å². The van der Waals surface area contributed by atoms with Crippen LogP contribution in [0.1, 0.15) is 6.92 Å². The summed E-state index contributed by atoms with van der Waals surface area (Å²) in [5.41, 5.74) is 0.211. The predicted molar refractivity (Wildman–Crippen MR) is 94.5 cm³/mol. The number of benzene rings is 2. The summed E-state index contributed by atoms with van der Waals surface area (Å²) in [6.45, 7) is 1.46. The third-order valence-corrected chi connectivity index (χ3v) is 4.21. The molecule has 1 aliphatic rings. The molecule has 25 heavy (non-hydrogen) atoms. The van der Waals surface area contributed by atoms with Crippen LogP contribution in [0, 0.1) is 0 Å². The topological polar surface area (TPSA) is 80.3 Å². The van der Waals surface area contributed by atoms with Crippen molar-refractivity contribution in [2.75, 3.05) is 10.6 Å². The number of amides is 2. The summed E-state index contributed by atoms with van der Waals surface area (Å²) >= 11 is 0. The maximum Gasteiger partial charge on any atom is 0.278 e. The van der Waals surface area contributed by atoms with Gasteiger partial charge in [0.1, 0.15) is 5.75 Å². The number of ether oxygens (including phenoxy) is 1. The van der Waals surface area contributed by atoms with E-state index in [1.54, 1.807) is 48.7 Å². The molecule has 2 heterocycles. The van der Waals surface area contributed by atoms with Gasteiger partial charge in [0, 0.05) is 11.6 Å². The number of anilines is 2. The van der Waals surface area contributed by atoms with Crippen molar-refractivity contribution in [3.8, 4) is 5.75 Å². The lowest BCUT2D eigenvalue weighted by Gasteiger charge is -2.33. The molecule has 6 nitrogen and oxygen atoms in total. The molecule has 1 aromatic heterocycles. The number of nitrogens with zero attached hydrogens (tertiary/aromatic N) is 1. The number of hydrogen-bond acceptors (Lipinski definition) is 4. The second-order valence-electron chi connectivity index (χ2n) is 5.92. The second-order valence-corrected chi connectivity index (χ2v) is 5.92. The van der Waals surface area contributed by atoms with E-state index in [0.29, 0.717) is 17.1 Å². The van der Waals surface area contributed by atoms with Crippen LogP contribution in [0.3, 0.4) is 0 Å². The van der Waals surface area contributed by atoms with Crippen LogP contribution in [-0.4, -0.2) is 22.4 Å². The normalized spacial score (nSPS) is 18.8. The molecule has 6 heteroatoms. The summed E-state index contributed by atoms with van der Waals surface area (Å²) in [6, 6.07) is 16.1. The van der Waals surface area contributed by atoms with Gasteiger partial charge in [-0.2, -0.15) is 0 Å². The summed E-state index contributed by atoms with van der Waals surface area (Å²) in [5, 5.41) is 6.30. The molecule has 0 bridgehead atoms. The number of para-hydroxylation sites is 2. The van der Waals surface area contributed by atoms with Gasteiger partial charge in [0.15, 0.2) is 0 Å². The molecule has 3 aromatic rings. The molecule has 0 aliphatic carbocycles. The van der Waals surface area contributed by atoms with Crippen LogP contribution < -0.4 is 15.4 Å². The number of pyridine rings is 1. The summed E-state index contributed by atoms with van der Waals surface area (Å²) in [7, 11) is 0. The highest BCUT2D eigenvalue weighted by Crippen LogP contribution is 2.34. The van der Waals surface area contributed by atoms with Crippen LogP contribution in [0.4, 0.5) is 11.4 Å². The number of aromatic nitrogens is 1. The molecular formula is C19H15N3O3. The van der Waals surface area contributed by atoms with Crippen molar-refractivity contribution in [1.29, 1.82) is 0 Å². The molecule has 124 valence electrons. The van der Waals surface area contributed by atoms with Crippen molar-refractivity contribution < 1.29 is 14.3 Å². The van der Waals surface area contributed by atoms with E-state index >= 15 is 0 Å². The number of rotatable bonds is 2. The van der Waals surface area contributed by atoms with E-state index in [2.05, 4.69) is 15.6 Å². The quantitative estimate of drug-likeness (QED) is 0.707. The molecule has 2 N–H and O–H groups in total. The lowest BCUT2D eigenvalue weighted by atomic mass is 10.0. The fourth-order valence-electron chi connectivity index (χ4n) is 2.77. The van der Waals surface area contributed by atoms with Crippen LogP contribution >= 0.6 is 0 Å². The second kappa shape index (κ2) is 5.59. The van der Waals surface area contributed by atoms with Crippen LogP contribution in [0.2, 0.25) is 0 Å². The maximum atomic E-state index is 12.8. The molecular weight excluding hydrogens is 318 g/mol. The molecule has 4 rings (SSSR count). The number of hydrogen-bond donors (Lipinski definition) is 2. The van der Waals surface area contributed by atoms with Gasteiger partial charge in [0.25, 0.3) is 17.4 Å². The first-order valence-electron chi connectivity index (χ1n) is 7.83. The van der Waals surface area contributed by atoms with Crippen molar-refractivity contribution in [3.63, 3.8) is 0 Å². The Labute approximate surface area is 143 Å². The van der Waals surface area contributed by atoms with Crippen molar-refractivity contribution in [2.24, 2.45) is 0 Å². The Bertz CT molecular complexity index is 997. The van der Waals surface area contributed by atoms with Gasteiger partial charge >= 0.3 is 0 Å². The minimum Gasteiger partial charge on any atom is -0.466 e. The van der Waals surface area contributed by atoms with Gasteiger partial charge in [-0.25, -0.2) is 0 Å². The first-order chi connectivity index (χ1) is 12.1. The first kappa shape index (κ1) is 15.1. The molecule has 0 unspecified atom stereocenters. The summed E-state index contributed by atoms with van der Waals surface area (Å²) in [4.78, 5) is 29.6. The molecule has 2 aromatic carbocycles. The van der Waals surface area contributed by atoms with Gasteiger partial charge in [0.2, 0.25) is 0 Å². The van der Waals surface area contributed by atoms with E-state index in [0.717, 1.165) is 10.9 Å². The van der Waals surface area contributed by atoms with Crippen LogP contribution in [0.5, 0.6) is 5.75 Å². The number of carbonyl (C=O) groups is 2. The molecule has 2 amide bonds. The highest BCUT2D eigenvalue weighted by atomic mass is 16.5. The number of nitrogens with one attached hydrogen (secondary N) is 2. The average molecular weight is 333 g/mol. The minimum absolute atomic E-state index is 0.458. The Balaban J connectivity index is 1.67. The smallest absolute Gasteiger partial charge is 0.278 e. The van der Waals surface area contributed by atoms with Crippen molar-refractivity contribution in [2.45, 2.75) is 12.5 Å². The zero-order chi connectivity index (χ0) is 17.4. The third kappa shape index (κ3) is 2.48. The van der Waals surface area contributed by atoms with Crippen molar-refractivity contribution in [3.05, 3.63) is 60.8 Å². The first-order valence-corrected chi connectivity index (χ1v) is 7.83. The Morgan fingerprint density at radius 1 is 1.12 bits per heavy atom. The Morgan fingerprint density at radius 2 is 1.96 bits per heavy atom. The van der Waals surface area contributed by atoms with E-state index in [-0.39, 0.29) is 0 Å². The summed E-state index contributed by atoms with van der Waals surface area (Å²) in [6.07, 6.45) is 1.68. The molecule has 1 atom stereocenters. The van der Waals surface area contributed by atoms with Gasteiger partial charge < -0.3 is 15.4 Å². The summed E-state index contributed by atoms with van der Waals surface area (Å²) in [5.74, 6) is -0.600. The highest BCUT2D eigenvalue weighted by molar-refractivity contribution is 6.20. The largest absolute Gasteiger partial charge is 0.466 e. The number of fused-ring (bicyclic) bond motifs is 2. The van der Waals surface area contributed by atoms with Gasteiger partial charge in [-0.05, 0) is 43.3 Å². The van der Waals surface area contributed by atoms with Gasteiger partial charge in [-0.1, -0.05) is 18.2 Å². The Morgan fingerprint density at radius 3 is 2.84 bits per heavy atom. The standard InChI is InChI=1S/C19H15N3O3/c1-19(18(24)22-15-7-2-3-10-16(15)25-19)17(23)21-14-9-4-8-13-12(14)6-5-11-20-13/h2-11H,1H3,(H,21,23)(H,22,24)/t19-/m1/s1. The average Bonchev–Trinajstić information content (AvgIpc) is 2.63. The van der Waals surface area contributed by atoms with Crippen LogP contribution in [0.25, 0.3) is 10.9 Å².